The van der Waals surface area contributed by atoms with Gasteiger partial charge in [-0.25, -0.2) is 9.97 Å². The molecular formula is C7H8N6O. The second-order valence-corrected chi connectivity index (χ2v) is 2.74. The summed E-state index contributed by atoms with van der Waals surface area (Å²) in [6.07, 6.45) is 0.502. The molecule has 0 saturated carbocycles. The third-order valence-electron chi connectivity index (χ3n) is 1.78. The Bertz CT molecular complexity index is 490. The van der Waals surface area contributed by atoms with Crippen molar-refractivity contribution < 1.29 is 4.79 Å². The zero-order chi connectivity index (χ0) is 10.1. The number of hydrogen-bond acceptors (Lipinski definition) is 5. The van der Waals surface area contributed by atoms with Crippen molar-refractivity contribution in [2.75, 3.05) is 11.1 Å². The number of rotatable bonds is 2. The first-order chi connectivity index (χ1) is 6.72. The van der Waals surface area contributed by atoms with Gasteiger partial charge in [0, 0.05) is 0 Å². The van der Waals surface area contributed by atoms with Gasteiger partial charge >= 0.3 is 0 Å². The van der Waals surface area contributed by atoms with Crippen molar-refractivity contribution in [1.29, 1.82) is 0 Å². The van der Waals surface area contributed by atoms with E-state index in [1.807, 2.05) is 6.92 Å². The number of nitrogens with two attached hydrogens (primary N) is 1. The summed E-state index contributed by atoms with van der Waals surface area (Å²) in [5, 5.41) is 8.98. The van der Waals surface area contributed by atoms with Gasteiger partial charge in [0.15, 0.2) is 11.6 Å². The number of aryl methyl sites for hydroxylation is 1. The monoisotopic (exact) mass is 192 g/mol. The lowest BCUT2D eigenvalue weighted by Crippen LogP contribution is -2.04. The van der Waals surface area contributed by atoms with Crippen LogP contribution in [0.1, 0.15) is 5.69 Å². The Morgan fingerprint density at radius 1 is 1.50 bits per heavy atom. The minimum Gasteiger partial charge on any atom is -0.381 e. The summed E-state index contributed by atoms with van der Waals surface area (Å²) in [4.78, 5) is 18.3. The van der Waals surface area contributed by atoms with Gasteiger partial charge in [0.25, 0.3) is 0 Å². The minimum absolute atomic E-state index is 0.149. The van der Waals surface area contributed by atoms with Crippen LogP contribution < -0.4 is 11.1 Å². The van der Waals surface area contributed by atoms with Gasteiger partial charge in [-0.05, 0) is 6.92 Å². The lowest BCUT2D eigenvalue weighted by molar-refractivity contribution is -0.105. The van der Waals surface area contributed by atoms with Crippen molar-refractivity contribution in [1.82, 2.24) is 20.2 Å². The molecule has 0 radical (unpaired) electrons. The molecule has 2 rings (SSSR count). The number of H-pyrrole nitrogens is 1. The van der Waals surface area contributed by atoms with E-state index in [1.54, 1.807) is 0 Å². The Morgan fingerprint density at radius 2 is 2.29 bits per heavy atom. The maximum atomic E-state index is 10.2. The highest BCUT2D eigenvalue weighted by atomic mass is 16.1. The van der Waals surface area contributed by atoms with Crippen molar-refractivity contribution in [2.45, 2.75) is 6.92 Å². The quantitative estimate of drug-likeness (QED) is 0.571. The average Bonchev–Trinajstić information content (AvgIpc) is 2.49. The molecule has 7 nitrogen and oxygen atoms in total. The topological polar surface area (TPSA) is 110 Å². The van der Waals surface area contributed by atoms with E-state index in [0.717, 1.165) is 5.69 Å². The SMILES string of the molecule is Cc1[nH]nc2nc(N)c(NC=O)nc12. The largest absolute Gasteiger partial charge is 0.381 e. The molecule has 0 saturated heterocycles. The molecule has 2 aromatic heterocycles. The number of carbonyl (C=O) groups excluding carboxylic acids is 1. The maximum absolute atomic E-state index is 10.2. The molecule has 0 spiro atoms. The average molecular weight is 192 g/mol. The fraction of sp³-hybridized carbons (Fsp3) is 0.143. The lowest BCUT2D eigenvalue weighted by atomic mass is 10.4. The number of nitrogen functional groups attached to an aromatic ring is 1. The van der Waals surface area contributed by atoms with E-state index >= 15 is 0 Å². The highest BCUT2D eigenvalue weighted by molar-refractivity contribution is 5.82. The van der Waals surface area contributed by atoms with Crippen LogP contribution >= 0.6 is 0 Å². The Morgan fingerprint density at radius 3 is 3.00 bits per heavy atom. The highest BCUT2D eigenvalue weighted by Crippen LogP contribution is 2.18. The van der Waals surface area contributed by atoms with Crippen LogP contribution in [-0.2, 0) is 4.79 Å². The number of amides is 1. The molecule has 7 heteroatoms. The molecule has 0 aliphatic rings. The van der Waals surface area contributed by atoms with Crippen LogP contribution in [0.25, 0.3) is 11.2 Å². The van der Waals surface area contributed by atoms with Gasteiger partial charge in [-0.3, -0.25) is 9.89 Å². The summed E-state index contributed by atoms with van der Waals surface area (Å²) in [6.45, 7) is 1.81. The first kappa shape index (κ1) is 8.42. The number of nitrogens with one attached hydrogen (secondary N) is 2. The molecule has 4 N–H and O–H groups in total. The summed E-state index contributed by atoms with van der Waals surface area (Å²) in [5.74, 6) is 0.396. The van der Waals surface area contributed by atoms with E-state index in [1.165, 1.54) is 0 Å². The van der Waals surface area contributed by atoms with Crippen LogP contribution in [0.15, 0.2) is 0 Å². The molecule has 1 amide bonds. The Hall–Kier alpha value is -2.18. The van der Waals surface area contributed by atoms with E-state index < -0.39 is 0 Å². The Kier molecular flexibility index (Phi) is 1.77. The van der Waals surface area contributed by atoms with E-state index in [2.05, 4.69) is 25.5 Å². The van der Waals surface area contributed by atoms with Gasteiger partial charge in [0.2, 0.25) is 12.1 Å². The predicted molar refractivity (Wildman–Crippen MR) is 50.5 cm³/mol. The number of hydrogen-bond donors (Lipinski definition) is 3. The van der Waals surface area contributed by atoms with Gasteiger partial charge in [0.05, 0.1) is 5.69 Å². The molecule has 14 heavy (non-hydrogen) atoms. The van der Waals surface area contributed by atoms with Crippen LogP contribution in [-0.4, -0.2) is 26.6 Å². The van der Waals surface area contributed by atoms with Crippen LogP contribution in [0.4, 0.5) is 11.6 Å². The highest BCUT2D eigenvalue weighted by Gasteiger charge is 2.09. The molecule has 0 bridgehead atoms. The Labute approximate surface area is 78.7 Å². The van der Waals surface area contributed by atoms with Crippen LogP contribution in [0.5, 0.6) is 0 Å². The zero-order valence-electron chi connectivity index (χ0n) is 7.40. The summed E-state index contributed by atoms with van der Waals surface area (Å²) >= 11 is 0. The molecular weight excluding hydrogens is 184 g/mol. The summed E-state index contributed by atoms with van der Waals surface area (Å²) in [6, 6.07) is 0. The van der Waals surface area contributed by atoms with Gasteiger partial charge < -0.3 is 11.1 Å². The lowest BCUT2D eigenvalue weighted by Gasteiger charge is -2.00. The smallest absolute Gasteiger partial charge is 0.212 e. The summed E-state index contributed by atoms with van der Waals surface area (Å²) in [7, 11) is 0. The molecule has 0 atom stereocenters. The fourth-order valence-corrected chi connectivity index (χ4v) is 1.12. The van der Waals surface area contributed by atoms with Crippen LogP contribution in [0, 0.1) is 6.92 Å². The predicted octanol–water partition coefficient (Wildman–Crippen LogP) is -0.188. The summed E-state index contributed by atoms with van der Waals surface area (Å²) < 4.78 is 0. The van der Waals surface area contributed by atoms with Crippen molar-refractivity contribution in [3.63, 3.8) is 0 Å². The number of aromatic amines is 1. The van der Waals surface area contributed by atoms with E-state index in [-0.39, 0.29) is 11.6 Å². The van der Waals surface area contributed by atoms with Crippen molar-refractivity contribution >= 4 is 29.2 Å². The van der Waals surface area contributed by atoms with E-state index in [0.29, 0.717) is 17.6 Å². The van der Waals surface area contributed by atoms with E-state index in [9.17, 15) is 4.79 Å². The van der Waals surface area contributed by atoms with Gasteiger partial charge in [-0.15, -0.1) is 0 Å². The first-order valence-corrected chi connectivity index (χ1v) is 3.90. The maximum Gasteiger partial charge on any atom is 0.212 e. The molecule has 0 aliphatic heterocycles. The number of aromatic nitrogens is 4. The molecule has 2 heterocycles. The van der Waals surface area contributed by atoms with Gasteiger partial charge in [-0.1, -0.05) is 0 Å². The normalized spacial score (nSPS) is 10.4. The summed E-state index contributed by atoms with van der Waals surface area (Å²) in [5.41, 5.74) is 7.35. The van der Waals surface area contributed by atoms with Crippen LogP contribution in [0.2, 0.25) is 0 Å². The van der Waals surface area contributed by atoms with Gasteiger partial charge in [0.1, 0.15) is 5.52 Å². The second-order valence-electron chi connectivity index (χ2n) is 2.74. The number of nitrogens with zero attached hydrogens (tertiary/aromatic N) is 3. The number of anilines is 2. The molecule has 0 aliphatic carbocycles. The number of carbonyl (C=O) groups is 1. The van der Waals surface area contributed by atoms with Crippen molar-refractivity contribution in [3.05, 3.63) is 5.69 Å². The molecule has 2 aromatic rings. The minimum atomic E-state index is 0.149. The molecule has 72 valence electrons. The fourth-order valence-electron chi connectivity index (χ4n) is 1.12. The zero-order valence-corrected chi connectivity index (χ0v) is 7.40. The van der Waals surface area contributed by atoms with Crippen molar-refractivity contribution in [3.8, 4) is 0 Å². The van der Waals surface area contributed by atoms with E-state index in [4.69, 9.17) is 5.73 Å². The molecule has 0 unspecified atom stereocenters. The Balaban J connectivity index is 2.67. The first-order valence-electron chi connectivity index (χ1n) is 3.90. The second kappa shape index (κ2) is 2.95. The van der Waals surface area contributed by atoms with Gasteiger partial charge in [-0.2, -0.15) is 5.10 Å². The standard InChI is InChI=1S/C7H8N6O/c1-3-4-6(13-12-3)11-5(8)7(10-4)9-2-14/h2H,1H3,(H,9,10,14)(H3,8,11,12,13). The third kappa shape index (κ3) is 1.15. The van der Waals surface area contributed by atoms with Crippen molar-refractivity contribution in [2.24, 2.45) is 0 Å². The van der Waals surface area contributed by atoms with Crippen LogP contribution in [0.3, 0.4) is 0 Å². The molecule has 0 fully saturated rings. The number of fused-ring (bicyclic) bond motifs is 1. The third-order valence-corrected chi connectivity index (χ3v) is 1.78. The molecule has 0 aromatic carbocycles.